The Morgan fingerprint density at radius 3 is 2.29 bits per heavy atom. The second kappa shape index (κ2) is 4.92. The molecule has 2 aromatic carbocycles. The van der Waals surface area contributed by atoms with E-state index in [0.717, 1.165) is 29.4 Å². The van der Waals surface area contributed by atoms with Crippen LogP contribution in [0.5, 0.6) is 0 Å². The first-order valence-electron chi connectivity index (χ1n) is 7.64. The number of nitrogens with zero attached hydrogens (tertiary/aromatic N) is 2. The van der Waals surface area contributed by atoms with E-state index in [9.17, 15) is 4.79 Å². The van der Waals surface area contributed by atoms with Crippen molar-refractivity contribution in [2.75, 3.05) is 0 Å². The van der Waals surface area contributed by atoms with Crippen molar-refractivity contribution in [3.63, 3.8) is 0 Å². The van der Waals surface area contributed by atoms with E-state index < -0.39 is 0 Å². The predicted molar refractivity (Wildman–Crippen MR) is 85.0 cm³/mol. The zero-order chi connectivity index (χ0) is 14.2. The average Bonchev–Trinajstić information content (AvgIpc) is 3.15. The highest BCUT2D eigenvalue weighted by molar-refractivity contribution is 5.80. The number of rotatable bonds is 2. The molecule has 106 valence electrons. The van der Waals surface area contributed by atoms with Gasteiger partial charge in [0.2, 0.25) is 0 Å². The monoisotopic (exact) mass is 278 g/mol. The molecule has 0 unspecified atom stereocenters. The van der Waals surface area contributed by atoms with Crippen LogP contribution in [0.3, 0.4) is 0 Å². The minimum absolute atomic E-state index is 0.140. The Bertz CT molecular complexity index is 823. The summed E-state index contributed by atoms with van der Waals surface area (Å²) in [7, 11) is 0. The summed E-state index contributed by atoms with van der Waals surface area (Å²) >= 11 is 0. The van der Waals surface area contributed by atoms with E-state index in [1.807, 2.05) is 47.1 Å². The van der Waals surface area contributed by atoms with Gasteiger partial charge in [-0.3, -0.25) is 4.79 Å². The fourth-order valence-corrected chi connectivity index (χ4v) is 3.48. The second-order valence-electron chi connectivity index (χ2n) is 5.75. The van der Waals surface area contributed by atoms with E-state index in [0.29, 0.717) is 6.04 Å². The molecular weight excluding hydrogens is 260 g/mol. The summed E-state index contributed by atoms with van der Waals surface area (Å²) in [6, 6.07) is 18.4. The van der Waals surface area contributed by atoms with Crippen molar-refractivity contribution in [1.29, 1.82) is 0 Å². The van der Waals surface area contributed by atoms with Crippen LogP contribution in [0.15, 0.2) is 59.4 Å². The molecule has 0 atom stereocenters. The van der Waals surface area contributed by atoms with Gasteiger partial charge in [-0.2, -0.15) is 0 Å². The summed E-state index contributed by atoms with van der Waals surface area (Å²) < 4.78 is 4.08. The van der Waals surface area contributed by atoms with Crippen LogP contribution >= 0.6 is 0 Å². The lowest BCUT2D eigenvalue weighted by Crippen LogP contribution is -2.25. The molecule has 3 nitrogen and oxygen atoms in total. The Labute approximate surface area is 123 Å². The van der Waals surface area contributed by atoms with E-state index in [1.54, 1.807) is 0 Å². The highest BCUT2D eigenvalue weighted by Gasteiger charge is 2.24. The summed E-state index contributed by atoms with van der Waals surface area (Å²) in [5.41, 5.74) is 2.20. The Kier molecular flexibility index (Phi) is 2.92. The zero-order valence-electron chi connectivity index (χ0n) is 11.9. The molecule has 3 heteroatoms. The molecule has 0 aliphatic heterocycles. The third-order valence-corrected chi connectivity index (χ3v) is 4.46. The molecule has 3 aromatic rings. The van der Waals surface area contributed by atoms with Gasteiger partial charge in [-0.15, -0.1) is 0 Å². The van der Waals surface area contributed by atoms with Gasteiger partial charge in [0.05, 0.1) is 22.6 Å². The summed E-state index contributed by atoms with van der Waals surface area (Å²) in [6.07, 6.45) is 4.63. The lowest BCUT2D eigenvalue weighted by atomic mass is 10.2. The molecule has 0 saturated heterocycles. The topological polar surface area (TPSA) is 26.9 Å². The first-order valence-corrected chi connectivity index (χ1v) is 7.64. The van der Waals surface area contributed by atoms with Crippen LogP contribution < -0.4 is 5.56 Å². The summed E-state index contributed by atoms with van der Waals surface area (Å²) in [5.74, 6) is 0. The van der Waals surface area contributed by atoms with Crippen molar-refractivity contribution in [3.05, 3.63) is 65.0 Å². The molecule has 0 bridgehead atoms. The molecule has 0 amide bonds. The molecule has 1 aliphatic rings. The van der Waals surface area contributed by atoms with E-state index in [-0.39, 0.29) is 5.56 Å². The maximum atomic E-state index is 12.9. The molecule has 4 rings (SSSR count). The van der Waals surface area contributed by atoms with Gasteiger partial charge < -0.3 is 0 Å². The highest BCUT2D eigenvalue weighted by Crippen LogP contribution is 2.31. The second-order valence-corrected chi connectivity index (χ2v) is 5.75. The van der Waals surface area contributed by atoms with Gasteiger partial charge in [0.1, 0.15) is 0 Å². The lowest BCUT2D eigenvalue weighted by molar-refractivity contribution is 0.424. The molecule has 1 aliphatic carbocycles. The predicted octanol–water partition coefficient (Wildman–Crippen LogP) is 3.91. The SMILES string of the molecule is O=c1c2ccccc2n(-c2ccccc2)n1C1CCCC1. The molecule has 1 fully saturated rings. The summed E-state index contributed by atoms with van der Waals surface area (Å²) in [6.45, 7) is 0. The zero-order valence-corrected chi connectivity index (χ0v) is 11.9. The fraction of sp³-hybridized carbons (Fsp3) is 0.278. The van der Waals surface area contributed by atoms with Crippen LogP contribution in [0.4, 0.5) is 0 Å². The number of hydrogen-bond donors (Lipinski definition) is 0. The Morgan fingerprint density at radius 1 is 0.857 bits per heavy atom. The largest absolute Gasteiger partial charge is 0.275 e. The molecule has 0 radical (unpaired) electrons. The number of benzene rings is 2. The van der Waals surface area contributed by atoms with Gasteiger partial charge in [0.25, 0.3) is 5.56 Å². The van der Waals surface area contributed by atoms with Crippen LogP contribution in [-0.2, 0) is 0 Å². The fourth-order valence-electron chi connectivity index (χ4n) is 3.48. The maximum Gasteiger partial charge on any atom is 0.275 e. The quantitative estimate of drug-likeness (QED) is 0.698. The first kappa shape index (κ1) is 12.5. The Morgan fingerprint density at radius 2 is 1.52 bits per heavy atom. The molecule has 1 aromatic heterocycles. The molecule has 0 spiro atoms. The normalized spacial score (nSPS) is 15.8. The number of para-hydroxylation sites is 2. The van der Waals surface area contributed by atoms with E-state index in [1.165, 1.54) is 12.8 Å². The van der Waals surface area contributed by atoms with Gasteiger partial charge in [0, 0.05) is 0 Å². The molecule has 21 heavy (non-hydrogen) atoms. The molecule has 0 N–H and O–H groups in total. The minimum Gasteiger partial charge on any atom is -0.267 e. The van der Waals surface area contributed by atoms with Crippen molar-refractivity contribution >= 4 is 10.9 Å². The minimum atomic E-state index is 0.140. The van der Waals surface area contributed by atoms with Gasteiger partial charge in [-0.25, -0.2) is 9.36 Å². The summed E-state index contributed by atoms with van der Waals surface area (Å²) in [4.78, 5) is 12.9. The van der Waals surface area contributed by atoms with E-state index in [2.05, 4.69) is 16.8 Å². The van der Waals surface area contributed by atoms with Crippen molar-refractivity contribution in [1.82, 2.24) is 9.36 Å². The Balaban J connectivity index is 2.07. The van der Waals surface area contributed by atoms with Crippen LogP contribution in [-0.4, -0.2) is 9.36 Å². The van der Waals surface area contributed by atoms with Crippen molar-refractivity contribution < 1.29 is 0 Å². The van der Waals surface area contributed by atoms with Gasteiger partial charge in [-0.05, 0) is 37.1 Å². The van der Waals surface area contributed by atoms with Crippen molar-refractivity contribution in [2.24, 2.45) is 0 Å². The van der Waals surface area contributed by atoms with E-state index >= 15 is 0 Å². The van der Waals surface area contributed by atoms with Gasteiger partial charge in [0.15, 0.2) is 0 Å². The standard InChI is InChI=1S/C18H18N2O/c21-18-16-12-6-7-13-17(16)19(14-8-2-1-3-9-14)20(18)15-10-4-5-11-15/h1-3,6-9,12-13,15H,4-5,10-11H2. The number of fused-ring (bicyclic) bond motifs is 1. The van der Waals surface area contributed by atoms with Gasteiger partial charge >= 0.3 is 0 Å². The third kappa shape index (κ3) is 1.92. The Hall–Kier alpha value is -2.29. The van der Waals surface area contributed by atoms with Gasteiger partial charge in [-0.1, -0.05) is 43.2 Å². The maximum absolute atomic E-state index is 12.9. The highest BCUT2D eigenvalue weighted by atomic mass is 16.1. The van der Waals surface area contributed by atoms with E-state index in [4.69, 9.17) is 0 Å². The first-order chi connectivity index (χ1) is 10.4. The molecule has 1 heterocycles. The third-order valence-electron chi connectivity index (χ3n) is 4.46. The van der Waals surface area contributed by atoms with Crippen molar-refractivity contribution in [2.45, 2.75) is 31.7 Å². The smallest absolute Gasteiger partial charge is 0.267 e. The molecular formula is C18H18N2O. The van der Waals surface area contributed by atoms with Crippen molar-refractivity contribution in [3.8, 4) is 5.69 Å². The number of hydrogen-bond acceptors (Lipinski definition) is 1. The summed E-state index contributed by atoms with van der Waals surface area (Å²) in [5, 5.41) is 0.813. The molecule has 1 saturated carbocycles. The van der Waals surface area contributed by atoms with Crippen LogP contribution in [0.25, 0.3) is 16.6 Å². The van der Waals surface area contributed by atoms with Crippen LogP contribution in [0, 0.1) is 0 Å². The average molecular weight is 278 g/mol. The lowest BCUT2D eigenvalue weighted by Gasteiger charge is -2.18. The van der Waals surface area contributed by atoms with Crippen LogP contribution in [0.1, 0.15) is 31.7 Å². The number of aromatic nitrogens is 2. The van der Waals surface area contributed by atoms with Crippen LogP contribution in [0.2, 0.25) is 0 Å².